The molecule has 2 aromatic rings. The van der Waals surface area contributed by atoms with Crippen LogP contribution in [0.3, 0.4) is 0 Å². The van der Waals surface area contributed by atoms with Gasteiger partial charge < -0.3 is 14.8 Å². The zero-order valence-electron chi connectivity index (χ0n) is 13.4. The lowest BCUT2D eigenvalue weighted by Crippen LogP contribution is -2.16. The summed E-state index contributed by atoms with van der Waals surface area (Å²) >= 11 is 6.07. The second-order valence-electron chi connectivity index (χ2n) is 5.68. The van der Waals surface area contributed by atoms with E-state index in [0.717, 1.165) is 25.7 Å². The highest BCUT2D eigenvalue weighted by atomic mass is 35.5. The lowest BCUT2D eigenvalue weighted by atomic mass is 10.2. The molecule has 1 aromatic heterocycles. The zero-order valence-corrected chi connectivity index (χ0v) is 14.2. The molecule has 0 atom stereocenters. The van der Waals surface area contributed by atoms with E-state index in [0.29, 0.717) is 22.2 Å². The van der Waals surface area contributed by atoms with Crippen LogP contribution in [-0.4, -0.2) is 24.1 Å². The number of ether oxygens (including phenoxy) is 2. The van der Waals surface area contributed by atoms with Crippen LogP contribution in [0, 0.1) is 0 Å². The molecule has 0 saturated heterocycles. The predicted molar refractivity (Wildman–Crippen MR) is 93.1 cm³/mol. The van der Waals surface area contributed by atoms with Gasteiger partial charge in [0.2, 0.25) is 0 Å². The van der Waals surface area contributed by atoms with Gasteiger partial charge in [-0.2, -0.15) is 0 Å². The average molecular weight is 347 g/mol. The maximum absolute atomic E-state index is 12.4. The predicted octanol–water partition coefficient (Wildman–Crippen LogP) is 4.32. The number of benzene rings is 1. The summed E-state index contributed by atoms with van der Waals surface area (Å²) in [6.07, 6.45) is 6.04. The number of nitrogens with zero attached hydrogens (tertiary/aromatic N) is 1. The molecule has 1 aliphatic carbocycles. The van der Waals surface area contributed by atoms with Gasteiger partial charge in [0.15, 0.2) is 11.5 Å². The molecule has 1 fully saturated rings. The van der Waals surface area contributed by atoms with Crippen molar-refractivity contribution in [3.05, 3.63) is 47.2 Å². The van der Waals surface area contributed by atoms with Crippen molar-refractivity contribution in [2.75, 3.05) is 12.4 Å². The first-order chi connectivity index (χ1) is 11.7. The number of pyridine rings is 1. The molecule has 1 N–H and O–H groups in total. The minimum absolute atomic E-state index is 0.167. The standard InChI is InChI=1S/C18H19ClN2O3/c1-23-17-11-20-15(10-16(17)24-12-6-2-3-7-12)18(22)21-14-9-5-4-8-13(14)19/h4-5,8-12H,2-3,6-7H2,1H3,(H,21,22). The van der Waals surface area contributed by atoms with E-state index in [9.17, 15) is 4.79 Å². The molecule has 0 bridgehead atoms. The van der Waals surface area contributed by atoms with Crippen molar-refractivity contribution in [2.45, 2.75) is 31.8 Å². The summed E-state index contributed by atoms with van der Waals surface area (Å²) < 4.78 is 11.3. The number of carbonyl (C=O) groups excluding carboxylic acids is 1. The molecule has 1 aliphatic rings. The van der Waals surface area contributed by atoms with Crippen LogP contribution in [0.5, 0.6) is 11.5 Å². The Hall–Kier alpha value is -2.27. The van der Waals surface area contributed by atoms with Crippen molar-refractivity contribution in [2.24, 2.45) is 0 Å². The lowest BCUT2D eigenvalue weighted by molar-refractivity contribution is 0.102. The van der Waals surface area contributed by atoms with Crippen molar-refractivity contribution in [1.82, 2.24) is 4.98 Å². The van der Waals surface area contributed by atoms with Crippen LogP contribution in [0.1, 0.15) is 36.2 Å². The molecule has 0 radical (unpaired) electrons. The molecule has 0 spiro atoms. The summed E-state index contributed by atoms with van der Waals surface area (Å²) in [5.74, 6) is 0.724. The summed E-state index contributed by atoms with van der Waals surface area (Å²) in [6, 6.07) is 8.67. The SMILES string of the molecule is COc1cnc(C(=O)Nc2ccccc2Cl)cc1OC1CCCC1. The van der Waals surface area contributed by atoms with E-state index in [4.69, 9.17) is 21.1 Å². The maximum Gasteiger partial charge on any atom is 0.274 e. The Kier molecular flexibility index (Phi) is 5.20. The van der Waals surface area contributed by atoms with Gasteiger partial charge in [-0.05, 0) is 37.8 Å². The third-order valence-corrected chi connectivity index (χ3v) is 4.33. The first-order valence-electron chi connectivity index (χ1n) is 7.94. The van der Waals surface area contributed by atoms with Crippen LogP contribution >= 0.6 is 11.6 Å². The van der Waals surface area contributed by atoms with Gasteiger partial charge in [-0.25, -0.2) is 4.98 Å². The van der Waals surface area contributed by atoms with Gasteiger partial charge in [-0.15, -0.1) is 0 Å². The zero-order chi connectivity index (χ0) is 16.9. The van der Waals surface area contributed by atoms with Crippen LogP contribution in [0.2, 0.25) is 5.02 Å². The van der Waals surface area contributed by atoms with Gasteiger partial charge in [0.25, 0.3) is 5.91 Å². The monoisotopic (exact) mass is 346 g/mol. The fraction of sp³-hybridized carbons (Fsp3) is 0.333. The molecule has 1 aromatic carbocycles. The number of carbonyl (C=O) groups is 1. The number of nitrogens with one attached hydrogen (secondary N) is 1. The Morgan fingerprint density at radius 2 is 2.00 bits per heavy atom. The molecule has 1 amide bonds. The minimum Gasteiger partial charge on any atom is -0.491 e. The van der Waals surface area contributed by atoms with Crippen LogP contribution in [0.15, 0.2) is 36.5 Å². The first-order valence-corrected chi connectivity index (χ1v) is 8.31. The van der Waals surface area contributed by atoms with Gasteiger partial charge in [0, 0.05) is 6.07 Å². The van der Waals surface area contributed by atoms with E-state index in [2.05, 4.69) is 10.3 Å². The van der Waals surface area contributed by atoms with Gasteiger partial charge in [-0.3, -0.25) is 4.79 Å². The molecule has 0 aliphatic heterocycles. The summed E-state index contributed by atoms with van der Waals surface area (Å²) in [6.45, 7) is 0. The van der Waals surface area contributed by atoms with E-state index in [1.54, 1.807) is 37.4 Å². The molecule has 3 rings (SSSR count). The van der Waals surface area contributed by atoms with Gasteiger partial charge in [-0.1, -0.05) is 23.7 Å². The van der Waals surface area contributed by atoms with E-state index in [-0.39, 0.29) is 17.7 Å². The number of para-hydroxylation sites is 1. The van der Waals surface area contributed by atoms with E-state index in [1.165, 1.54) is 6.20 Å². The second kappa shape index (κ2) is 7.53. The Labute approximate surface area is 145 Å². The molecule has 24 heavy (non-hydrogen) atoms. The molecule has 126 valence electrons. The molecule has 6 heteroatoms. The number of rotatable bonds is 5. The minimum atomic E-state index is -0.345. The van der Waals surface area contributed by atoms with E-state index in [1.807, 2.05) is 0 Å². The normalized spacial score (nSPS) is 14.4. The smallest absolute Gasteiger partial charge is 0.274 e. The third kappa shape index (κ3) is 3.79. The maximum atomic E-state index is 12.4. The Bertz CT molecular complexity index is 730. The van der Waals surface area contributed by atoms with E-state index < -0.39 is 0 Å². The molecular weight excluding hydrogens is 328 g/mol. The number of amides is 1. The van der Waals surface area contributed by atoms with Crippen molar-refractivity contribution in [3.8, 4) is 11.5 Å². The third-order valence-electron chi connectivity index (χ3n) is 4.00. The number of hydrogen-bond donors (Lipinski definition) is 1. The largest absolute Gasteiger partial charge is 0.491 e. The Morgan fingerprint density at radius 3 is 2.71 bits per heavy atom. The number of methoxy groups -OCH3 is 1. The quantitative estimate of drug-likeness (QED) is 0.876. The number of aromatic nitrogens is 1. The van der Waals surface area contributed by atoms with Crippen LogP contribution in [-0.2, 0) is 0 Å². The molecule has 1 heterocycles. The van der Waals surface area contributed by atoms with Crippen molar-refractivity contribution >= 4 is 23.2 Å². The molecular formula is C18H19ClN2O3. The summed E-state index contributed by atoms with van der Waals surface area (Å²) in [5, 5.41) is 3.23. The molecule has 1 saturated carbocycles. The fourth-order valence-electron chi connectivity index (χ4n) is 2.73. The second-order valence-corrected chi connectivity index (χ2v) is 6.09. The number of halogens is 1. The van der Waals surface area contributed by atoms with Crippen LogP contribution in [0.4, 0.5) is 5.69 Å². The van der Waals surface area contributed by atoms with Crippen LogP contribution in [0.25, 0.3) is 0 Å². The highest BCUT2D eigenvalue weighted by Crippen LogP contribution is 2.31. The van der Waals surface area contributed by atoms with Gasteiger partial charge >= 0.3 is 0 Å². The summed E-state index contributed by atoms with van der Waals surface area (Å²) in [5.41, 5.74) is 0.795. The number of hydrogen-bond acceptors (Lipinski definition) is 4. The van der Waals surface area contributed by atoms with Gasteiger partial charge in [0.1, 0.15) is 5.69 Å². The molecule has 0 unspecified atom stereocenters. The summed E-state index contributed by atoms with van der Waals surface area (Å²) in [4.78, 5) is 16.6. The highest BCUT2D eigenvalue weighted by Gasteiger charge is 2.20. The molecule has 5 nitrogen and oxygen atoms in total. The topological polar surface area (TPSA) is 60.5 Å². The van der Waals surface area contributed by atoms with E-state index >= 15 is 0 Å². The number of anilines is 1. The highest BCUT2D eigenvalue weighted by molar-refractivity contribution is 6.33. The average Bonchev–Trinajstić information content (AvgIpc) is 3.10. The van der Waals surface area contributed by atoms with Crippen molar-refractivity contribution in [3.63, 3.8) is 0 Å². The van der Waals surface area contributed by atoms with Crippen molar-refractivity contribution < 1.29 is 14.3 Å². The fourth-order valence-corrected chi connectivity index (χ4v) is 2.91. The van der Waals surface area contributed by atoms with Crippen molar-refractivity contribution in [1.29, 1.82) is 0 Å². The lowest BCUT2D eigenvalue weighted by Gasteiger charge is -2.16. The Morgan fingerprint density at radius 1 is 1.25 bits per heavy atom. The summed E-state index contributed by atoms with van der Waals surface area (Å²) in [7, 11) is 1.56. The first kappa shape index (κ1) is 16.6. The van der Waals surface area contributed by atoms with Gasteiger partial charge in [0.05, 0.1) is 30.1 Å². The van der Waals surface area contributed by atoms with Crippen LogP contribution < -0.4 is 14.8 Å². The Balaban J connectivity index is 1.79.